The molecule has 1 heterocycles. The van der Waals surface area contributed by atoms with Crippen molar-refractivity contribution in [1.29, 1.82) is 0 Å². The molecule has 0 radical (unpaired) electrons. The summed E-state index contributed by atoms with van der Waals surface area (Å²) in [4.78, 5) is 15.3. The van der Waals surface area contributed by atoms with Crippen LogP contribution in [-0.2, 0) is 14.8 Å². The predicted molar refractivity (Wildman–Crippen MR) is 124 cm³/mol. The fourth-order valence-corrected chi connectivity index (χ4v) is 6.02. The Morgan fingerprint density at radius 2 is 1.91 bits per heavy atom. The number of hydrogen-bond acceptors (Lipinski definition) is 6. The number of hydrogen-bond donors (Lipinski definition) is 2. The van der Waals surface area contributed by atoms with E-state index in [0.717, 1.165) is 45.2 Å². The average molecular weight is 468 g/mol. The molecule has 1 aliphatic heterocycles. The Morgan fingerprint density at radius 1 is 1.22 bits per heavy atom. The van der Waals surface area contributed by atoms with Crippen LogP contribution in [0.4, 0.5) is 0 Å². The first-order valence-electron chi connectivity index (χ1n) is 11.6. The summed E-state index contributed by atoms with van der Waals surface area (Å²) in [6, 6.07) is 4.72. The lowest BCUT2D eigenvalue weighted by Gasteiger charge is -2.35. The largest absolute Gasteiger partial charge is 0.495 e. The van der Waals surface area contributed by atoms with Crippen LogP contribution in [0.1, 0.15) is 56.3 Å². The van der Waals surface area contributed by atoms with Crippen molar-refractivity contribution in [3.63, 3.8) is 0 Å². The van der Waals surface area contributed by atoms with E-state index in [4.69, 9.17) is 9.47 Å². The molecule has 2 fully saturated rings. The van der Waals surface area contributed by atoms with Gasteiger partial charge in [0, 0.05) is 37.3 Å². The Balaban J connectivity index is 1.72. The number of sulfonamides is 1. The van der Waals surface area contributed by atoms with Crippen LogP contribution in [-0.4, -0.2) is 71.3 Å². The second-order valence-corrected chi connectivity index (χ2v) is 10.8. The van der Waals surface area contributed by atoms with Crippen LogP contribution in [0, 0.1) is 5.92 Å². The van der Waals surface area contributed by atoms with Gasteiger partial charge in [-0.3, -0.25) is 9.69 Å². The van der Waals surface area contributed by atoms with E-state index < -0.39 is 10.0 Å². The van der Waals surface area contributed by atoms with Crippen molar-refractivity contribution >= 4 is 15.9 Å². The summed E-state index contributed by atoms with van der Waals surface area (Å²) < 4.78 is 39.5. The van der Waals surface area contributed by atoms with Gasteiger partial charge in [0.05, 0.1) is 20.3 Å². The van der Waals surface area contributed by atoms with Gasteiger partial charge in [0.25, 0.3) is 5.91 Å². The lowest BCUT2D eigenvalue weighted by atomic mass is 10.0. The van der Waals surface area contributed by atoms with Gasteiger partial charge in [-0.2, -0.15) is 0 Å². The molecule has 3 rings (SSSR count). The van der Waals surface area contributed by atoms with Crippen LogP contribution in [0.3, 0.4) is 0 Å². The molecule has 1 unspecified atom stereocenters. The Hall–Kier alpha value is -1.68. The predicted octanol–water partition coefficient (Wildman–Crippen LogP) is 2.39. The van der Waals surface area contributed by atoms with Gasteiger partial charge in [0.15, 0.2) is 0 Å². The lowest BCUT2D eigenvalue weighted by Crippen LogP contribution is -2.49. The Bertz CT molecular complexity index is 862. The molecule has 1 saturated carbocycles. The summed E-state index contributed by atoms with van der Waals surface area (Å²) >= 11 is 0. The van der Waals surface area contributed by atoms with Crippen LogP contribution in [0.15, 0.2) is 23.1 Å². The number of nitrogens with zero attached hydrogens (tertiary/aromatic N) is 1. The number of morpholine rings is 1. The molecule has 1 amide bonds. The molecule has 1 aromatic carbocycles. The van der Waals surface area contributed by atoms with E-state index >= 15 is 0 Å². The summed E-state index contributed by atoms with van der Waals surface area (Å²) in [7, 11) is -2.35. The summed E-state index contributed by atoms with van der Waals surface area (Å²) in [6.07, 6.45) is 4.68. The van der Waals surface area contributed by atoms with E-state index in [9.17, 15) is 13.2 Å². The maximum absolute atomic E-state index is 13.0. The molecule has 0 bridgehead atoms. The number of carbonyl (C=O) groups excluding carboxylic acids is 1. The Labute approximate surface area is 192 Å². The first-order valence-corrected chi connectivity index (χ1v) is 13.1. The first kappa shape index (κ1) is 25.0. The minimum Gasteiger partial charge on any atom is -0.495 e. The van der Waals surface area contributed by atoms with Crippen molar-refractivity contribution in [2.45, 2.75) is 62.9 Å². The molecular formula is C23H37N3O5S. The number of ether oxygens (including phenoxy) is 2. The minimum absolute atomic E-state index is 0.00598. The van der Waals surface area contributed by atoms with Gasteiger partial charge in [-0.15, -0.1) is 0 Å². The van der Waals surface area contributed by atoms with E-state index in [0.29, 0.717) is 31.2 Å². The first-order chi connectivity index (χ1) is 15.3. The van der Waals surface area contributed by atoms with Gasteiger partial charge >= 0.3 is 0 Å². The van der Waals surface area contributed by atoms with E-state index in [-0.39, 0.29) is 28.6 Å². The Kier molecular flexibility index (Phi) is 8.93. The fourth-order valence-electron chi connectivity index (χ4n) is 4.52. The second kappa shape index (κ2) is 11.4. The molecule has 1 saturated heterocycles. The normalized spacial score (nSPS) is 19.2. The summed E-state index contributed by atoms with van der Waals surface area (Å²) in [5, 5.41) is 3.01. The maximum atomic E-state index is 13.0. The van der Waals surface area contributed by atoms with Gasteiger partial charge in [0.1, 0.15) is 10.6 Å². The number of nitrogens with one attached hydrogen (secondary N) is 2. The minimum atomic E-state index is -3.78. The number of rotatable bonds is 10. The monoisotopic (exact) mass is 467 g/mol. The van der Waals surface area contributed by atoms with Gasteiger partial charge < -0.3 is 14.8 Å². The quantitative estimate of drug-likeness (QED) is 0.549. The highest BCUT2D eigenvalue weighted by atomic mass is 32.2. The second-order valence-electron chi connectivity index (χ2n) is 9.11. The van der Waals surface area contributed by atoms with Gasteiger partial charge in [-0.05, 0) is 43.4 Å². The molecular weight excluding hydrogens is 430 g/mol. The van der Waals surface area contributed by atoms with Crippen LogP contribution in [0.5, 0.6) is 5.75 Å². The van der Waals surface area contributed by atoms with Gasteiger partial charge in [-0.1, -0.05) is 26.7 Å². The number of carbonyl (C=O) groups is 1. The lowest BCUT2D eigenvalue weighted by molar-refractivity contribution is 0.0124. The molecule has 0 aromatic heterocycles. The van der Waals surface area contributed by atoms with E-state index in [1.54, 1.807) is 12.1 Å². The summed E-state index contributed by atoms with van der Waals surface area (Å²) in [6.45, 7) is 7.97. The van der Waals surface area contributed by atoms with Crippen LogP contribution in [0.25, 0.3) is 0 Å². The van der Waals surface area contributed by atoms with Crippen LogP contribution in [0.2, 0.25) is 0 Å². The topological polar surface area (TPSA) is 97.0 Å². The third-order valence-electron chi connectivity index (χ3n) is 6.20. The highest BCUT2D eigenvalue weighted by Crippen LogP contribution is 2.27. The van der Waals surface area contributed by atoms with E-state index in [1.807, 2.05) is 0 Å². The van der Waals surface area contributed by atoms with Crippen LogP contribution >= 0.6 is 0 Å². The molecule has 0 spiro atoms. The zero-order valence-electron chi connectivity index (χ0n) is 19.4. The molecule has 2 aliphatic rings. The van der Waals surface area contributed by atoms with Crippen molar-refractivity contribution < 1.29 is 22.7 Å². The molecule has 1 atom stereocenters. The third-order valence-corrected chi connectivity index (χ3v) is 7.74. The zero-order valence-corrected chi connectivity index (χ0v) is 20.2. The van der Waals surface area contributed by atoms with Crippen molar-refractivity contribution in [2.75, 3.05) is 40.0 Å². The molecule has 1 aromatic rings. The van der Waals surface area contributed by atoms with E-state index in [1.165, 1.54) is 13.2 Å². The third kappa shape index (κ3) is 6.66. The van der Waals surface area contributed by atoms with Gasteiger partial charge in [-0.25, -0.2) is 13.1 Å². The standard InChI is InChI=1S/C23H37N3O5S/c1-17(2)14-20(26-10-12-31-13-11-26)16-24-23(27)18-8-9-21(30-3)22(15-18)32(28,29)25-19-6-4-5-7-19/h8-9,15,17,19-20,25H,4-7,10-14,16H2,1-3H3,(H,24,27). The molecule has 8 nitrogen and oxygen atoms in total. The highest BCUT2D eigenvalue weighted by molar-refractivity contribution is 7.89. The van der Waals surface area contributed by atoms with Crippen molar-refractivity contribution in [1.82, 2.24) is 14.9 Å². The number of amides is 1. The molecule has 2 N–H and O–H groups in total. The van der Waals surface area contributed by atoms with Gasteiger partial charge in [0.2, 0.25) is 10.0 Å². The number of benzene rings is 1. The summed E-state index contributed by atoms with van der Waals surface area (Å²) in [5.74, 6) is 0.448. The Morgan fingerprint density at radius 3 is 2.53 bits per heavy atom. The zero-order chi connectivity index (χ0) is 23.1. The highest BCUT2D eigenvalue weighted by Gasteiger charge is 2.27. The van der Waals surface area contributed by atoms with Crippen molar-refractivity contribution in [2.24, 2.45) is 5.92 Å². The smallest absolute Gasteiger partial charge is 0.251 e. The van der Waals surface area contributed by atoms with E-state index in [2.05, 4.69) is 28.8 Å². The molecule has 180 valence electrons. The molecule has 1 aliphatic carbocycles. The summed E-state index contributed by atoms with van der Waals surface area (Å²) in [5.41, 5.74) is 0.308. The van der Waals surface area contributed by atoms with Crippen molar-refractivity contribution in [3.8, 4) is 5.75 Å². The number of methoxy groups -OCH3 is 1. The maximum Gasteiger partial charge on any atom is 0.251 e. The van der Waals surface area contributed by atoms with Crippen molar-refractivity contribution in [3.05, 3.63) is 23.8 Å². The van der Waals surface area contributed by atoms with Crippen LogP contribution < -0.4 is 14.8 Å². The molecule has 32 heavy (non-hydrogen) atoms. The average Bonchev–Trinajstić information content (AvgIpc) is 3.28. The SMILES string of the molecule is COc1ccc(C(=O)NCC(CC(C)C)N2CCOCC2)cc1S(=O)(=O)NC1CCCC1. The molecule has 9 heteroatoms. The fraction of sp³-hybridized carbons (Fsp3) is 0.696.